The molecule has 0 unspecified atom stereocenters. The van der Waals surface area contributed by atoms with Crippen LogP contribution in [-0.2, 0) is 4.74 Å². The van der Waals surface area contributed by atoms with Gasteiger partial charge in [-0.3, -0.25) is 4.79 Å². The number of nitrogens with two attached hydrogens (primary N) is 1. The molecule has 1 aromatic rings. The first kappa shape index (κ1) is 18.1. The molecule has 1 saturated heterocycles. The van der Waals surface area contributed by atoms with Crippen molar-refractivity contribution in [2.75, 3.05) is 26.2 Å². The van der Waals surface area contributed by atoms with E-state index in [-0.39, 0.29) is 17.9 Å². The van der Waals surface area contributed by atoms with Crippen molar-refractivity contribution in [2.45, 2.75) is 45.1 Å². The molecule has 1 aromatic heterocycles. The van der Waals surface area contributed by atoms with Crippen LogP contribution in [0.1, 0.15) is 55.3 Å². The third kappa shape index (κ3) is 4.86. The molecule has 23 heavy (non-hydrogen) atoms. The van der Waals surface area contributed by atoms with Crippen molar-refractivity contribution in [1.82, 2.24) is 14.9 Å². The Kier molecular flexibility index (Phi) is 6.74. The molecule has 0 radical (unpaired) electrons. The Morgan fingerprint density at radius 3 is 2.78 bits per heavy atom. The minimum Gasteiger partial charge on any atom is -0.378 e. The average Bonchev–Trinajstić information content (AvgIpc) is 2.55. The number of rotatable bonds is 6. The molecule has 1 amide bonds. The van der Waals surface area contributed by atoms with E-state index in [4.69, 9.17) is 22.1 Å². The summed E-state index contributed by atoms with van der Waals surface area (Å²) in [4.78, 5) is 23.0. The van der Waals surface area contributed by atoms with Gasteiger partial charge >= 0.3 is 0 Å². The Hall–Kier alpha value is -1.24. The summed E-state index contributed by atoms with van der Waals surface area (Å²) in [5, 5.41) is 0.306. The molecule has 1 fully saturated rings. The number of hydrogen-bond acceptors (Lipinski definition) is 5. The molecule has 7 heteroatoms. The van der Waals surface area contributed by atoms with Gasteiger partial charge in [-0.25, -0.2) is 9.97 Å². The third-order valence-corrected chi connectivity index (χ3v) is 4.19. The fraction of sp³-hybridized carbons (Fsp3) is 0.688. The zero-order chi connectivity index (χ0) is 16.8. The Labute approximate surface area is 142 Å². The third-order valence-electron chi connectivity index (χ3n) is 3.91. The normalized spacial score (nSPS) is 16.1. The van der Waals surface area contributed by atoms with Gasteiger partial charge in [0.25, 0.3) is 5.91 Å². The fourth-order valence-electron chi connectivity index (χ4n) is 2.52. The number of ether oxygens (including phenoxy) is 1. The molecule has 2 rings (SSSR count). The molecular formula is C16H25ClN4O2. The van der Waals surface area contributed by atoms with Gasteiger partial charge in [0, 0.05) is 25.6 Å². The van der Waals surface area contributed by atoms with Crippen molar-refractivity contribution < 1.29 is 9.53 Å². The zero-order valence-corrected chi connectivity index (χ0v) is 14.6. The number of hydrogen-bond donors (Lipinski definition) is 1. The molecule has 1 aliphatic rings. The average molecular weight is 341 g/mol. The number of likely N-dealkylation sites (tertiary alicyclic amines) is 1. The number of piperidine rings is 1. The lowest BCUT2D eigenvalue weighted by molar-refractivity contribution is 0.00828. The number of halogens is 1. The second kappa shape index (κ2) is 8.57. The van der Waals surface area contributed by atoms with E-state index >= 15 is 0 Å². The molecule has 0 saturated carbocycles. The summed E-state index contributed by atoms with van der Waals surface area (Å²) in [7, 11) is 0. The van der Waals surface area contributed by atoms with Gasteiger partial charge in [-0.15, -0.1) is 0 Å². The standard InChI is InChI=1S/C16H25ClN4O2/c1-11(2)15-19-10-13(17)14(20-15)16(22)21-7-4-12(5-8-21)23-9-3-6-18/h10-12H,3-9,18H2,1-2H3. The molecule has 1 aliphatic heterocycles. The predicted octanol–water partition coefficient (Wildman–Crippen LogP) is 2.22. The number of carbonyl (C=O) groups is 1. The largest absolute Gasteiger partial charge is 0.378 e. The highest BCUT2D eigenvalue weighted by atomic mass is 35.5. The summed E-state index contributed by atoms with van der Waals surface area (Å²) >= 11 is 6.12. The summed E-state index contributed by atoms with van der Waals surface area (Å²) in [6, 6.07) is 0. The van der Waals surface area contributed by atoms with Crippen LogP contribution in [0.3, 0.4) is 0 Å². The van der Waals surface area contributed by atoms with Gasteiger partial charge in [0.2, 0.25) is 0 Å². The SMILES string of the molecule is CC(C)c1ncc(Cl)c(C(=O)N2CCC(OCCCN)CC2)n1. The molecule has 0 aromatic carbocycles. The summed E-state index contributed by atoms with van der Waals surface area (Å²) < 4.78 is 5.76. The first-order valence-electron chi connectivity index (χ1n) is 8.16. The molecule has 0 atom stereocenters. The maximum absolute atomic E-state index is 12.7. The first-order valence-corrected chi connectivity index (χ1v) is 8.54. The summed E-state index contributed by atoms with van der Waals surface area (Å²) in [5.74, 6) is 0.665. The molecular weight excluding hydrogens is 316 g/mol. The lowest BCUT2D eigenvalue weighted by Crippen LogP contribution is -2.41. The molecule has 2 heterocycles. The van der Waals surface area contributed by atoms with E-state index in [2.05, 4.69) is 9.97 Å². The van der Waals surface area contributed by atoms with Crippen LogP contribution in [0.2, 0.25) is 5.02 Å². The van der Waals surface area contributed by atoms with Crippen LogP contribution in [0.4, 0.5) is 0 Å². The Balaban J connectivity index is 1.96. The Morgan fingerprint density at radius 2 is 2.17 bits per heavy atom. The van der Waals surface area contributed by atoms with E-state index in [9.17, 15) is 4.79 Å². The van der Waals surface area contributed by atoms with Crippen molar-refractivity contribution in [3.63, 3.8) is 0 Å². The maximum Gasteiger partial charge on any atom is 0.274 e. The topological polar surface area (TPSA) is 81.3 Å². The van der Waals surface area contributed by atoms with E-state index in [1.54, 1.807) is 4.90 Å². The van der Waals surface area contributed by atoms with Crippen LogP contribution in [0.25, 0.3) is 0 Å². The summed E-state index contributed by atoms with van der Waals surface area (Å²) in [6.07, 6.45) is 4.25. The predicted molar refractivity (Wildman–Crippen MR) is 89.7 cm³/mol. The van der Waals surface area contributed by atoms with E-state index in [1.807, 2.05) is 13.8 Å². The number of aromatic nitrogens is 2. The smallest absolute Gasteiger partial charge is 0.274 e. The lowest BCUT2D eigenvalue weighted by atomic mass is 10.1. The molecule has 2 N–H and O–H groups in total. The van der Waals surface area contributed by atoms with Crippen molar-refractivity contribution >= 4 is 17.5 Å². The minimum atomic E-state index is -0.125. The maximum atomic E-state index is 12.7. The minimum absolute atomic E-state index is 0.125. The van der Waals surface area contributed by atoms with Crippen molar-refractivity contribution in [1.29, 1.82) is 0 Å². The van der Waals surface area contributed by atoms with Gasteiger partial charge in [0.1, 0.15) is 5.82 Å². The number of nitrogens with zero attached hydrogens (tertiary/aromatic N) is 3. The highest BCUT2D eigenvalue weighted by Gasteiger charge is 2.26. The number of carbonyl (C=O) groups excluding carboxylic acids is 1. The van der Waals surface area contributed by atoms with Gasteiger partial charge in [-0.05, 0) is 25.8 Å². The Morgan fingerprint density at radius 1 is 1.48 bits per heavy atom. The van der Waals surface area contributed by atoms with Crippen molar-refractivity contribution in [3.8, 4) is 0 Å². The van der Waals surface area contributed by atoms with Gasteiger partial charge < -0.3 is 15.4 Å². The van der Waals surface area contributed by atoms with Crippen molar-refractivity contribution in [3.05, 3.63) is 22.7 Å². The lowest BCUT2D eigenvalue weighted by Gasteiger charge is -2.32. The summed E-state index contributed by atoms with van der Waals surface area (Å²) in [6.45, 7) is 6.61. The highest BCUT2D eigenvalue weighted by molar-refractivity contribution is 6.33. The van der Waals surface area contributed by atoms with Crippen molar-refractivity contribution in [2.24, 2.45) is 5.73 Å². The van der Waals surface area contributed by atoms with Crippen LogP contribution in [0.15, 0.2) is 6.20 Å². The molecule has 6 nitrogen and oxygen atoms in total. The monoisotopic (exact) mass is 340 g/mol. The molecule has 0 aliphatic carbocycles. The van der Waals surface area contributed by atoms with Crippen LogP contribution in [0.5, 0.6) is 0 Å². The van der Waals surface area contributed by atoms with E-state index < -0.39 is 0 Å². The second-order valence-corrected chi connectivity index (χ2v) is 6.49. The van der Waals surface area contributed by atoms with Crippen LogP contribution in [0, 0.1) is 0 Å². The van der Waals surface area contributed by atoms with Crippen LogP contribution < -0.4 is 5.73 Å². The summed E-state index contributed by atoms with van der Waals surface area (Å²) in [5.41, 5.74) is 5.76. The van der Waals surface area contributed by atoms with E-state index in [0.29, 0.717) is 42.8 Å². The zero-order valence-electron chi connectivity index (χ0n) is 13.8. The number of amides is 1. The van der Waals surface area contributed by atoms with E-state index in [0.717, 1.165) is 19.3 Å². The quantitative estimate of drug-likeness (QED) is 0.803. The van der Waals surface area contributed by atoms with E-state index in [1.165, 1.54) is 6.20 Å². The molecule has 128 valence electrons. The first-order chi connectivity index (χ1) is 11.0. The van der Waals surface area contributed by atoms with Crippen LogP contribution >= 0.6 is 11.6 Å². The molecule has 0 bridgehead atoms. The highest BCUT2D eigenvalue weighted by Crippen LogP contribution is 2.21. The van der Waals surface area contributed by atoms with Gasteiger partial charge in [-0.1, -0.05) is 25.4 Å². The second-order valence-electron chi connectivity index (χ2n) is 6.08. The fourth-order valence-corrected chi connectivity index (χ4v) is 2.69. The van der Waals surface area contributed by atoms with Gasteiger partial charge in [0.15, 0.2) is 5.69 Å². The van der Waals surface area contributed by atoms with Crippen LogP contribution in [-0.4, -0.2) is 53.1 Å². The molecule has 0 spiro atoms. The van der Waals surface area contributed by atoms with Gasteiger partial charge in [-0.2, -0.15) is 0 Å². The van der Waals surface area contributed by atoms with Gasteiger partial charge in [0.05, 0.1) is 17.3 Å². The Bertz CT molecular complexity index is 531.